The van der Waals surface area contributed by atoms with Gasteiger partial charge in [-0.1, -0.05) is 35.5 Å². The van der Waals surface area contributed by atoms with Crippen molar-refractivity contribution in [1.29, 1.82) is 0 Å². The molecule has 1 heterocycles. The third-order valence-corrected chi connectivity index (χ3v) is 3.97. The van der Waals surface area contributed by atoms with E-state index in [4.69, 9.17) is 0 Å². The average molecular weight is 318 g/mol. The molecule has 5 nitrogen and oxygen atoms in total. The maximum absolute atomic E-state index is 11.9. The maximum atomic E-state index is 11.9. The quantitative estimate of drug-likeness (QED) is 0.721. The molecule has 22 heavy (non-hydrogen) atoms. The van der Waals surface area contributed by atoms with E-state index >= 15 is 0 Å². The van der Waals surface area contributed by atoms with E-state index in [1.807, 2.05) is 18.2 Å². The Morgan fingerprint density at radius 3 is 2.86 bits per heavy atom. The van der Waals surface area contributed by atoms with Gasteiger partial charge in [0.1, 0.15) is 0 Å². The van der Waals surface area contributed by atoms with Crippen molar-refractivity contribution in [3.63, 3.8) is 0 Å². The van der Waals surface area contributed by atoms with Crippen molar-refractivity contribution in [2.75, 3.05) is 18.6 Å². The fourth-order valence-corrected chi connectivity index (χ4v) is 2.54. The summed E-state index contributed by atoms with van der Waals surface area (Å²) in [4.78, 5) is 11.9. The second-order valence-corrected chi connectivity index (χ2v) is 6.04. The zero-order valence-electron chi connectivity index (χ0n) is 12.9. The van der Waals surface area contributed by atoms with Crippen molar-refractivity contribution < 1.29 is 4.79 Å². The van der Waals surface area contributed by atoms with Crippen LogP contribution in [-0.4, -0.2) is 39.5 Å². The second kappa shape index (κ2) is 9.25. The van der Waals surface area contributed by atoms with Crippen LogP contribution in [-0.2, 0) is 13.0 Å². The van der Waals surface area contributed by atoms with Crippen LogP contribution in [0.25, 0.3) is 0 Å². The minimum Gasteiger partial charge on any atom is -0.351 e. The van der Waals surface area contributed by atoms with Gasteiger partial charge in [0.2, 0.25) is 0 Å². The first-order valence-electron chi connectivity index (χ1n) is 7.51. The van der Waals surface area contributed by atoms with Crippen molar-refractivity contribution in [3.05, 3.63) is 47.8 Å². The topological polar surface area (TPSA) is 59.8 Å². The Balaban J connectivity index is 1.72. The van der Waals surface area contributed by atoms with Crippen molar-refractivity contribution >= 4 is 17.7 Å². The number of nitrogens with one attached hydrogen (secondary N) is 1. The number of carbonyl (C=O) groups excluding carboxylic acids is 1. The van der Waals surface area contributed by atoms with Crippen molar-refractivity contribution in [2.24, 2.45) is 0 Å². The number of aromatic nitrogens is 3. The van der Waals surface area contributed by atoms with E-state index in [0.717, 1.165) is 31.6 Å². The Morgan fingerprint density at radius 1 is 1.27 bits per heavy atom. The van der Waals surface area contributed by atoms with Gasteiger partial charge in [-0.25, -0.2) is 0 Å². The molecule has 1 amide bonds. The van der Waals surface area contributed by atoms with Gasteiger partial charge in [0.15, 0.2) is 5.69 Å². The number of nitrogens with zero attached hydrogens (tertiary/aromatic N) is 3. The van der Waals surface area contributed by atoms with Crippen molar-refractivity contribution in [1.82, 2.24) is 20.3 Å². The molecule has 0 aliphatic rings. The third kappa shape index (κ3) is 5.52. The smallest absolute Gasteiger partial charge is 0.273 e. The number of amides is 1. The van der Waals surface area contributed by atoms with E-state index in [-0.39, 0.29) is 5.91 Å². The number of hydrogen-bond donors (Lipinski definition) is 1. The Kier molecular flexibility index (Phi) is 6.96. The molecule has 1 aromatic heterocycles. The molecule has 2 aromatic rings. The normalized spacial score (nSPS) is 10.6. The molecule has 1 N–H and O–H groups in total. The van der Waals surface area contributed by atoms with Gasteiger partial charge in [-0.3, -0.25) is 9.48 Å². The summed E-state index contributed by atoms with van der Waals surface area (Å²) in [5.41, 5.74) is 1.71. The van der Waals surface area contributed by atoms with Crippen LogP contribution in [0.5, 0.6) is 0 Å². The first kappa shape index (κ1) is 16.5. The summed E-state index contributed by atoms with van der Waals surface area (Å²) in [5, 5.41) is 10.8. The third-order valence-electron chi connectivity index (χ3n) is 3.28. The lowest BCUT2D eigenvalue weighted by atomic mass is 10.1. The predicted octanol–water partition coefficient (Wildman–Crippen LogP) is 2.39. The van der Waals surface area contributed by atoms with Crippen molar-refractivity contribution in [2.45, 2.75) is 25.8 Å². The molecule has 2 rings (SSSR count). The zero-order valence-corrected chi connectivity index (χ0v) is 13.7. The van der Waals surface area contributed by atoms with E-state index in [9.17, 15) is 4.79 Å². The van der Waals surface area contributed by atoms with E-state index < -0.39 is 0 Å². The van der Waals surface area contributed by atoms with Gasteiger partial charge in [-0.15, -0.1) is 5.10 Å². The number of aryl methyl sites for hydroxylation is 2. The second-order valence-electron chi connectivity index (χ2n) is 5.06. The Morgan fingerprint density at radius 2 is 2.09 bits per heavy atom. The highest BCUT2D eigenvalue weighted by Crippen LogP contribution is 2.04. The lowest BCUT2D eigenvalue weighted by Gasteiger charge is -2.02. The molecule has 0 bridgehead atoms. The molecule has 1 aromatic carbocycles. The minimum atomic E-state index is -0.143. The van der Waals surface area contributed by atoms with Crippen LogP contribution in [0.15, 0.2) is 36.5 Å². The lowest BCUT2D eigenvalue weighted by molar-refractivity contribution is 0.0948. The molecule has 0 spiro atoms. The summed E-state index contributed by atoms with van der Waals surface area (Å²) in [5.74, 6) is 0.905. The van der Waals surface area contributed by atoms with Gasteiger partial charge < -0.3 is 5.32 Å². The molecule has 118 valence electrons. The molecule has 0 radical (unpaired) electrons. The highest BCUT2D eigenvalue weighted by molar-refractivity contribution is 7.98. The minimum absolute atomic E-state index is 0.143. The molecule has 6 heteroatoms. The van der Waals surface area contributed by atoms with Crippen LogP contribution >= 0.6 is 11.8 Å². The van der Waals surface area contributed by atoms with Crippen LogP contribution in [0.3, 0.4) is 0 Å². The van der Waals surface area contributed by atoms with Gasteiger partial charge in [0, 0.05) is 13.1 Å². The van der Waals surface area contributed by atoms with Crippen LogP contribution in [0, 0.1) is 0 Å². The fraction of sp³-hybridized carbons (Fsp3) is 0.438. The fourth-order valence-electron chi connectivity index (χ4n) is 2.11. The summed E-state index contributed by atoms with van der Waals surface area (Å²) in [6.07, 6.45) is 6.72. The number of rotatable bonds is 9. The van der Waals surface area contributed by atoms with Gasteiger partial charge in [0.25, 0.3) is 5.91 Å². The van der Waals surface area contributed by atoms with Gasteiger partial charge in [-0.2, -0.15) is 11.8 Å². The van der Waals surface area contributed by atoms with E-state index in [1.165, 1.54) is 5.56 Å². The van der Waals surface area contributed by atoms with Gasteiger partial charge in [-0.05, 0) is 36.8 Å². The van der Waals surface area contributed by atoms with Crippen LogP contribution in [0.4, 0.5) is 0 Å². The molecule has 0 fully saturated rings. The molecule has 0 unspecified atom stereocenters. The number of benzene rings is 1. The summed E-state index contributed by atoms with van der Waals surface area (Å²) in [7, 11) is 0. The zero-order chi connectivity index (χ0) is 15.6. The molecule has 0 saturated carbocycles. The van der Waals surface area contributed by atoms with Gasteiger partial charge >= 0.3 is 0 Å². The summed E-state index contributed by atoms with van der Waals surface area (Å²) >= 11 is 1.78. The molecule has 0 aliphatic carbocycles. The number of hydrogen-bond acceptors (Lipinski definition) is 4. The molecular formula is C16H22N4OS. The van der Waals surface area contributed by atoms with Crippen LogP contribution in [0.1, 0.15) is 28.9 Å². The molecule has 0 aliphatic heterocycles. The first-order valence-corrected chi connectivity index (χ1v) is 8.90. The highest BCUT2D eigenvalue weighted by atomic mass is 32.2. The Labute approximate surface area is 135 Å². The molecular weight excluding hydrogens is 296 g/mol. The summed E-state index contributed by atoms with van der Waals surface area (Å²) < 4.78 is 1.74. The Bertz CT molecular complexity index is 571. The van der Waals surface area contributed by atoms with Crippen LogP contribution < -0.4 is 5.32 Å². The van der Waals surface area contributed by atoms with Crippen molar-refractivity contribution in [3.8, 4) is 0 Å². The van der Waals surface area contributed by atoms with E-state index in [2.05, 4.69) is 34.0 Å². The summed E-state index contributed by atoms with van der Waals surface area (Å²) in [6, 6.07) is 10.4. The monoisotopic (exact) mass is 318 g/mol. The number of thioether (sulfide) groups is 1. The lowest BCUT2D eigenvalue weighted by Crippen LogP contribution is -2.25. The predicted molar refractivity (Wildman–Crippen MR) is 90.1 cm³/mol. The van der Waals surface area contributed by atoms with Crippen LogP contribution in [0.2, 0.25) is 0 Å². The summed E-state index contributed by atoms with van der Waals surface area (Å²) in [6.45, 7) is 1.45. The standard InChI is InChI=1S/C16H22N4OS/c1-22-12-6-10-17-16(21)15-13-20(19-18-15)11-5-9-14-7-3-2-4-8-14/h2-4,7-8,13H,5-6,9-12H2,1H3,(H,17,21). The number of carbonyl (C=O) groups is 1. The van der Waals surface area contributed by atoms with E-state index in [1.54, 1.807) is 22.6 Å². The van der Waals surface area contributed by atoms with E-state index in [0.29, 0.717) is 12.2 Å². The largest absolute Gasteiger partial charge is 0.351 e. The maximum Gasteiger partial charge on any atom is 0.273 e. The average Bonchev–Trinajstić information content (AvgIpc) is 3.01. The highest BCUT2D eigenvalue weighted by Gasteiger charge is 2.09. The molecule has 0 saturated heterocycles. The SMILES string of the molecule is CSCCCNC(=O)c1cn(CCCc2ccccc2)nn1. The first-order chi connectivity index (χ1) is 10.8. The Hall–Kier alpha value is -1.82. The molecule has 0 atom stereocenters. The van der Waals surface area contributed by atoms with Gasteiger partial charge in [0.05, 0.1) is 6.20 Å².